The molecule has 0 aromatic carbocycles. The molecular weight excluding hydrogens is 176 g/mol. The van der Waals surface area contributed by atoms with Gasteiger partial charge in [-0.05, 0) is 17.8 Å². The van der Waals surface area contributed by atoms with Gasteiger partial charge in [0, 0.05) is 5.92 Å². The molecule has 0 radical (unpaired) electrons. The second kappa shape index (κ2) is 4.51. The average Bonchev–Trinajstić information content (AvgIpc) is 2.28. The van der Waals surface area contributed by atoms with E-state index in [9.17, 15) is 0 Å². The van der Waals surface area contributed by atoms with Gasteiger partial charge in [0.05, 0.1) is 13.2 Å². The molecule has 1 saturated heterocycles. The van der Waals surface area contributed by atoms with Crippen LogP contribution in [0.5, 0.6) is 0 Å². The number of hydrogen-bond donors (Lipinski definition) is 0. The van der Waals surface area contributed by atoms with Gasteiger partial charge in [0.25, 0.3) is 5.79 Å². The molecule has 1 heterocycles. The highest BCUT2D eigenvalue weighted by Crippen LogP contribution is 2.26. The van der Waals surface area contributed by atoms with Crippen molar-refractivity contribution in [2.45, 2.75) is 26.1 Å². The summed E-state index contributed by atoms with van der Waals surface area (Å²) < 4.78 is 10.8. The summed E-state index contributed by atoms with van der Waals surface area (Å²) >= 11 is 0. The molecule has 14 heavy (non-hydrogen) atoms. The Morgan fingerprint density at radius 1 is 1.36 bits per heavy atom. The molecule has 0 bridgehead atoms. The van der Waals surface area contributed by atoms with Crippen LogP contribution in [0.1, 0.15) is 20.3 Å². The van der Waals surface area contributed by atoms with Crippen LogP contribution in [0.3, 0.4) is 0 Å². The summed E-state index contributed by atoms with van der Waals surface area (Å²) in [6.45, 7) is 5.50. The lowest BCUT2D eigenvalue weighted by Gasteiger charge is -2.35. The molecule has 0 aliphatic carbocycles. The van der Waals surface area contributed by atoms with E-state index in [1.165, 1.54) is 0 Å². The van der Waals surface area contributed by atoms with Crippen LogP contribution >= 0.6 is 0 Å². The molecule has 0 aromatic heterocycles. The standard InChI is InChI=1S/C12H16O2/c1-5-10(4)11-8-13-12(6-2,7-3)14-9-11/h2-3,10-11H,5,8-9H2,1,4H3. The van der Waals surface area contributed by atoms with Crippen molar-refractivity contribution in [1.29, 1.82) is 0 Å². The summed E-state index contributed by atoms with van der Waals surface area (Å²) in [7, 11) is 0. The number of ether oxygens (including phenoxy) is 2. The van der Waals surface area contributed by atoms with Crippen molar-refractivity contribution in [3.8, 4) is 24.7 Å². The Morgan fingerprint density at radius 2 is 1.86 bits per heavy atom. The van der Waals surface area contributed by atoms with Crippen molar-refractivity contribution in [3.05, 3.63) is 0 Å². The Hall–Kier alpha value is -0.960. The van der Waals surface area contributed by atoms with Gasteiger partial charge in [-0.3, -0.25) is 0 Å². The molecule has 1 rings (SSSR count). The lowest BCUT2D eigenvalue weighted by atomic mass is 9.92. The average molecular weight is 192 g/mol. The van der Waals surface area contributed by atoms with E-state index in [1.54, 1.807) is 0 Å². The predicted molar refractivity (Wildman–Crippen MR) is 55.2 cm³/mol. The van der Waals surface area contributed by atoms with Gasteiger partial charge in [-0.1, -0.05) is 20.3 Å². The highest BCUT2D eigenvalue weighted by molar-refractivity contribution is 5.20. The first kappa shape index (κ1) is 11.1. The number of terminal acetylenes is 2. The smallest absolute Gasteiger partial charge is 0.300 e. The molecule has 76 valence electrons. The van der Waals surface area contributed by atoms with Gasteiger partial charge in [-0.25, -0.2) is 0 Å². The van der Waals surface area contributed by atoms with Gasteiger partial charge in [-0.2, -0.15) is 0 Å². The Bertz CT molecular complexity index is 245. The molecule has 1 atom stereocenters. The molecular formula is C12H16O2. The Balaban J connectivity index is 2.55. The van der Waals surface area contributed by atoms with Gasteiger partial charge in [0.2, 0.25) is 0 Å². The lowest BCUT2D eigenvalue weighted by molar-refractivity contribution is -0.220. The molecule has 0 aromatic rings. The molecule has 1 aliphatic heterocycles. The number of rotatable bonds is 2. The quantitative estimate of drug-likeness (QED) is 0.619. The fourth-order valence-electron chi connectivity index (χ4n) is 1.41. The Kier molecular flexibility index (Phi) is 3.58. The zero-order valence-corrected chi connectivity index (χ0v) is 8.75. The largest absolute Gasteiger partial charge is 0.329 e. The van der Waals surface area contributed by atoms with Gasteiger partial charge in [-0.15, -0.1) is 12.8 Å². The minimum Gasteiger partial charge on any atom is -0.329 e. The Morgan fingerprint density at radius 3 is 2.21 bits per heavy atom. The second-order valence-electron chi connectivity index (χ2n) is 3.67. The van der Waals surface area contributed by atoms with E-state index in [4.69, 9.17) is 22.3 Å². The topological polar surface area (TPSA) is 18.5 Å². The summed E-state index contributed by atoms with van der Waals surface area (Å²) in [4.78, 5) is 0. The second-order valence-corrected chi connectivity index (χ2v) is 3.67. The van der Waals surface area contributed by atoms with Crippen molar-refractivity contribution < 1.29 is 9.47 Å². The Labute approximate surface area is 86.0 Å². The van der Waals surface area contributed by atoms with E-state index in [2.05, 4.69) is 25.7 Å². The molecule has 1 aliphatic rings. The molecule has 0 amide bonds. The summed E-state index contributed by atoms with van der Waals surface area (Å²) in [6.07, 6.45) is 11.6. The SMILES string of the molecule is C#CC1(C#C)OCC(C(C)CC)CO1. The normalized spacial score (nSPS) is 23.4. The zero-order valence-electron chi connectivity index (χ0n) is 8.75. The van der Waals surface area contributed by atoms with Crippen LogP contribution in [0.4, 0.5) is 0 Å². The van der Waals surface area contributed by atoms with Crippen molar-refractivity contribution in [1.82, 2.24) is 0 Å². The van der Waals surface area contributed by atoms with E-state index in [0.717, 1.165) is 6.42 Å². The summed E-state index contributed by atoms with van der Waals surface area (Å²) in [5.74, 6) is 4.48. The van der Waals surface area contributed by atoms with Gasteiger partial charge in [0.1, 0.15) is 0 Å². The van der Waals surface area contributed by atoms with Crippen LogP contribution in [-0.4, -0.2) is 19.0 Å². The fraction of sp³-hybridized carbons (Fsp3) is 0.667. The molecule has 1 fully saturated rings. The van der Waals surface area contributed by atoms with Crippen LogP contribution in [0.25, 0.3) is 0 Å². The fourth-order valence-corrected chi connectivity index (χ4v) is 1.41. The van der Waals surface area contributed by atoms with Crippen LogP contribution in [0.15, 0.2) is 0 Å². The molecule has 0 spiro atoms. The zero-order chi connectivity index (χ0) is 10.6. The minimum atomic E-state index is -1.22. The van der Waals surface area contributed by atoms with Crippen LogP contribution < -0.4 is 0 Å². The molecule has 0 saturated carbocycles. The van der Waals surface area contributed by atoms with Crippen molar-refractivity contribution in [2.75, 3.05) is 13.2 Å². The van der Waals surface area contributed by atoms with Gasteiger partial charge >= 0.3 is 0 Å². The third-order valence-corrected chi connectivity index (χ3v) is 2.83. The minimum absolute atomic E-state index is 0.398. The number of hydrogen-bond acceptors (Lipinski definition) is 2. The first-order valence-corrected chi connectivity index (χ1v) is 4.91. The maximum Gasteiger partial charge on any atom is 0.300 e. The third-order valence-electron chi connectivity index (χ3n) is 2.83. The van der Waals surface area contributed by atoms with E-state index in [0.29, 0.717) is 25.0 Å². The van der Waals surface area contributed by atoms with Crippen LogP contribution in [0, 0.1) is 36.5 Å². The first-order chi connectivity index (χ1) is 6.67. The maximum atomic E-state index is 5.41. The van der Waals surface area contributed by atoms with Gasteiger partial charge in [0.15, 0.2) is 0 Å². The van der Waals surface area contributed by atoms with Crippen molar-refractivity contribution in [2.24, 2.45) is 11.8 Å². The maximum absolute atomic E-state index is 5.41. The summed E-state index contributed by atoms with van der Waals surface area (Å²) in [5, 5.41) is 0. The van der Waals surface area contributed by atoms with Crippen molar-refractivity contribution >= 4 is 0 Å². The summed E-state index contributed by atoms with van der Waals surface area (Å²) in [6, 6.07) is 0. The highest BCUT2D eigenvalue weighted by atomic mass is 16.7. The highest BCUT2D eigenvalue weighted by Gasteiger charge is 2.35. The lowest BCUT2D eigenvalue weighted by Crippen LogP contribution is -2.43. The predicted octanol–water partition coefficient (Wildman–Crippen LogP) is 1.66. The van der Waals surface area contributed by atoms with Gasteiger partial charge < -0.3 is 9.47 Å². The molecule has 0 N–H and O–H groups in total. The first-order valence-electron chi connectivity index (χ1n) is 4.91. The monoisotopic (exact) mass is 192 g/mol. The van der Waals surface area contributed by atoms with E-state index < -0.39 is 5.79 Å². The van der Waals surface area contributed by atoms with E-state index in [-0.39, 0.29) is 0 Å². The summed E-state index contributed by atoms with van der Waals surface area (Å²) in [5.41, 5.74) is 0. The van der Waals surface area contributed by atoms with Crippen molar-refractivity contribution in [3.63, 3.8) is 0 Å². The third kappa shape index (κ3) is 2.10. The molecule has 1 unspecified atom stereocenters. The molecule has 2 heteroatoms. The molecule has 2 nitrogen and oxygen atoms in total. The van der Waals surface area contributed by atoms with Crippen LogP contribution in [-0.2, 0) is 9.47 Å². The van der Waals surface area contributed by atoms with Crippen LogP contribution in [0.2, 0.25) is 0 Å². The van der Waals surface area contributed by atoms with E-state index in [1.807, 2.05) is 0 Å². The van der Waals surface area contributed by atoms with E-state index >= 15 is 0 Å².